The third-order valence-corrected chi connectivity index (χ3v) is 4.48. The Kier molecular flexibility index (Phi) is 7.55. The highest BCUT2D eigenvalue weighted by molar-refractivity contribution is 7.86. The van der Waals surface area contributed by atoms with Gasteiger partial charge >= 0.3 is 5.97 Å². The van der Waals surface area contributed by atoms with Crippen molar-refractivity contribution in [3.63, 3.8) is 0 Å². The molecular formula is C16H24O5S. The number of hydrogen-bond acceptors (Lipinski definition) is 5. The van der Waals surface area contributed by atoms with Crippen LogP contribution in [0.2, 0.25) is 0 Å². The van der Waals surface area contributed by atoms with E-state index in [1.54, 1.807) is 19.1 Å². The van der Waals surface area contributed by atoms with Crippen LogP contribution >= 0.6 is 0 Å². The van der Waals surface area contributed by atoms with Gasteiger partial charge in [-0.2, -0.15) is 8.42 Å². The van der Waals surface area contributed by atoms with E-state index in [0.29, 0.717) is 6.42 Å². The standard InChI is InChI=1S/C16H24O5S/c1-4-6-7-14(21-16(17)5-2)12-20-22(18,19)15-10-8-13(3)9-11-15/h8-11,14H,4-7,12H2,1-3H3/t14-/m1/s1. The minimum Gasteiger partial charge on any atom is -0.460 e. The molecule has 0 aliphatic carbocycles. The number of ether oxygens (including phenoxy) is 1. The Hall–Kier alpha value is -1.40. The summed E-state index contributed by atoms with van der Waals surface area (Å²) in [6.07, 6.45) is 2.09. The van der Waals surface area contributed by atoms with E-state index in [4.69, 9.17) is 8.92 Å². The van der Waals surface area contributed by atoms with Crippen molar-refractivity contribution in [2.45, 2.75) is 57.5 Å². The normalized spacial score (nSPS) is 12.9. The van der Waals surface area contributed by atoms with Gasteiger partial charge < -0.3 is 4.74 Å². The maximum absolute atomic E-state index is 12.1. The summed E-state index contributed by atoms with van der Waals surface area (Å²) in [5.41, 5.74) is 0.969. The molecule has 6 heteroatoms. The molecule has 0 heterocycles. The number of rotatable bonds is 9. The van der Waals surface area contributed by atoms with Crippen LogP contribution in [-0.2, 0) is 23.8 Å². The smallest absolute Gasteiger partial charge is 0.305 e. The predicted octanol–water partition coefficient (Wildman–Crippen LogP) is 3.21. The lowest BCUT2D eigenvalue weighted by Gasteiger charge is -2.17. The van der Waals surface area contributed by atoms with Gasteiger partial charge in [-0.05, 0) is 31.9 Å². The van der Waals surface area contributed by atoms with E-state index < -0.39 is 16.2 Å². The summed E-state index contributed by atoms with van der Waals surface area (Å²) in [6, 6.07) is 6.43. The first kappa shape index (κ1) is 18.6. The Labute approximate surface area is 132 Å². The quantitative estimate of drug-likeness (QED) is 0.514. The monoisotopic (exact) mass is 328 g/mol. The highest BCUT2D eigenvalue weighted by Crippen LogP contribution is 2.15. The Balaban J connectivity index is 2.69. The van der Waals surface area contributed by atoms with E-state index in [2.05, 4.69) is 0 Å². The van der Waals surface area contributed by atoms with Crippen molar-refractivity contribution in [2.75, 3.05) is 6.61 Å². The highest BCUT2D eigenvalue weighted by Gasteiger charge is 2.20. The summed E-state index contributed by atoms with van der Waals surface area (Å²) >= 11 is 0. The molecular weight excluding hydrogens is 304 g/mol. The SMILES string of the molecule is CCCC[C@H](COS(=O)(=O)c1ccc(C)cc1)OC(=O)CC. The molecule has 0 aliphatic heterocycles. The molecule has 1 aromatic rings. The maximum atomic E-state index is 12.1. The summed E-state index contributed by atoms with van der Waals surface area (Å²) < 4.78 is 34.5. The van der Waals surface area contributed by atoms with E-state index in [1.165, 1.54) is 12.1 Å². The zero-order valence-corrected chi connectivity index (χ0v) is 14.2. The van der Waals surface area contributed by atoms with E-state index in [9.17, 15) is 13.2 Å². The molecule has 0 saturated carbocycles. The van der Waals surface area contributed by atoms with Crippen molar-refractivity contribution >= 4 is 16.1 Å². The van der Waals surface area contributed by atoms with Crippen LogP contribution < -0.4 is 0 Å². The van der Waals surface area contributed by atoms with Gasteiger partial charge in [0.05, 0.1) is 4.90 Å². The van der Waals surface area contributed by atoms with Crippen LogP contribution in [0, 0.1) is 6.92 Å². The van der Waals surface area contributed by atoms with E-state index >= 15 is 0 Å². The first-order chi connectivity index (χ1) is 10.4. The maximum Gasteiger partial charge on any atom is 0.305 e. The van der Waals surface area contributed by atoms with Crippen LogP contribution in [0.3, 0.4) is 0 Å². The van der Waals surface area contributed by atoms with Crippen LogP contribution in [0.25, 0.3) is 0 Å². The van der Waals surface area contributed by atoms with Crippen molar-refractivity contribution in [3.8, 4) is 0 Å². The molecule has 0 unspecified atom stereocenters. The van der Waals surface area contributed by atoms with Gasteiger partial charge in [-0.3, -0.25) is 8.98 Å². The van der Waals surface area contributed by atoms with Crippen molar-refractivity contribution in [3.05, 3.63) is 29.8 Å². The van der Waals surface area contributed by atoms with Crippen molar-refractivity contribution in [1.29, 1.82) is 0 Å². The fourth-order valence-electron chi connectivity index (χ4n) is 1.82. The fourth-order valence-corrected chi connectivity index (χ4v) is 2.75. The summed E-state index contributed by atoms with van der Waals surface area (Å²) in [4.78, 5) is 11.5. The van der Waals surface area contributed by atoms with Gasteiger partial charge in [0.2, 0.25) is 0 Å². The average Bonchev–Trinajstić information content (AvgIpc) is 2.50. The number of hydrogen-bond donors (Lipinski definition) is 0. The molecule has 0 amide bonds. The molecule has 0 aromatic heterocycles. The molecule has 0 fully saturated rings. The molecule has 1 rings (SSSR count). The topological polar surface area (TPSA) is 69.7 Å². The molecule has 0 spiro atoms. The Morgan fingerprint density at radius 3 is 2.36 bits per heavy atom. The largest absolute Gasteiger partial charge is 0.460 e. The number of esters is 1. The van der Waals surface area contributed by atoms with Crippen molar-refractivity contribution in [1.82, 2.24) is 0 Å². The Morgan fingerprint density at radius 1 is 1.18 bits per heavy atom. The third-order valence-electron chi connectivity index (χ3n) is 3.19. The van der Waals surface area contributed by atoms with Crippen LogP contribution in [0.15, 0.2) is 29.2 Å². The molecule has 0 bridgehead atoms. The number of carbonyl (C=O) groups excluding carboxylic acids is 1. The van der Waals surface area contributed by atoms with Crippen LogP contribution in [0.4, 0.5) is 0 Å². The van der Waals surface area contributed by atoms with E-state index in [-0.39, 0.29) is 23.9 Å². The number of aryl methyl sites for hydroxylation is 1. The molecule has 1 aromatic carbocycles. The van der Waals surface area contributed by atoms with Crippen molar-refractivity contribution < 1.29 is 22.1 Å². The predicted molar refractivity (Wildman–Crippen MR) is 84.0 cm³/mol. The summed E-state index contributed by atoms with van der Waals surface area (Å²) in [5.74, 6) is -0.350. The van der Waals surface area contributed by atoms with Gasteiger partial charge in [-0.1, -0.05) is 38.0 Å². The lowest BCUT2D eigenvalue weighted by Crippen LogP contribution is -2.25. The van der Waals surface area contributed by atoms with Crippen molar-refractivity contribution in [2.24, 2.45) is 0 Å². The summed E-state index contributed by atoms with van der Waals surface area (Å²) in [5, 5.41) is 0. The van der Waals surface area contributed by atoms with Crippen LogP contribution in [-0.4, -0.2) is 27.1 Å². The second-order valence-corrected chi connectivity index (χ2v) is 6.77. The minimum atomic E-state index is -3.83. The fraction of sp³-hybridized carbons (Fsp3) is 0.562. The molecule has 0 saturated heterocycles. The van der Waals surface area contributed by atoms with Gasteiger partial charge in [-0.15, -0.1) is 0 Å². The molecule has 22 heavy (non-hydrogen) atoms. The van der Waals surface area contributed by atoms with Gasteiger partial charge in [0.1, 0.15) is 12.7 Å². The number of benzene rings is 1. The zero-order valence-electron chi connectivity index (χ0n) is 13.4. The van der Waals surface area contributed by atoms with Gasteiger partial charge in [0.25, 0.3) is 10.1 Å². The van der Waals surface area contributed by atoms with E-state index in [0.717, 1.165) is 18.4 Å². The second kappa shape index (κ2) is 8.90. The minimum absolute atomic E-state index is 0.106. The summed E-state index contributed by atoms with van der Waals surface area (Å²) in [6.45, 7) is 5.44. The molecule has 124 valence electrons. The molecule has 5 nitrogen and oxygen atoms in total. The number of unbranched alkanes of at least 4 members (excludes halogenated alkanes) is 1. The van der Waals surface area contributed by atoms with Gasteiger partial charge in [-0.25, -0.2) is 0 Å². The summed E-state index contributed by atoms with van der Waals surface area (Å²) in [7, 11) is -3.83. The highest BCUT2D eigenvalue weighted by atomic mass is 32.2. The zero-order chi connectivity index (χ0) is 16.6. The molecule has 1 atom stereocenters. The van der Waals surface area contributed by atoms with Gasteiger partial charge in [0.15, 0.2) is 0 Å². The average molecular weight is 328 g/mol. The van der Waals surface area contributed by atoms with Gasteiger partial charge in [0, 0.05) is 6.42 Å². The Morgan fingerprint density at radius 2 is 1.82 bits per heavy atom. The third kappa shape index (κ3) is 6.15. The second-order valence-electron chi connectivity index (χ2n) is 5.16. The first-order valence-electron chi connectivity index (χ1n) is 7.54. The molecule has 0 aliphatic rings. The number of carbonyl (C=O) groups is 1. The van der Waals surface area contributed by atoms with E-state index in [1.807, 2.05) is 13.8 Å². The lowest BCUT2D eigenvalue weighted by molar-refractivity contribution is -0.150. The first-order valence-corrected chi connectivity index (χ1v) is 8.95. The van der Waals surface area contributed by atoms with Crippen LogP contribution in [0.1, 0.15) is 45.1 Å². The molecule has 0 radical (unpaired) electrons. The van der Waals surface area contributed by atoms with Crippen LogP contribution in [0.5, 0.6) is 0 Å². The lowest BCUT2D eigenvalue weighted by atomic mass is 10.2. The molecule has 0 N–H and O–H groups in total. The Bertz CT molecular complexity index is 563.